The Bertz CT molecular complexity index is 513. The molecule has 1 aromatic rings. The van der Waals surface area contributed by atoms with Crippen molar-refractivity contribution in [2.45, 2.75) is 19.4 Å². The molecule has 0 bridgehead atoms. The fourth-order valence-corrected chi connectivity index (χ4v) is 1.70. The third-order valence-electron chi connectivity index (χ3n) is 2.60. The second kappa shape index (κ2) is 4.87. The van der Waals surface area contributed by atoms with E-state index in [2.05, 4.69) is 16.0 Å². The molecule has 0 spiro atoms. The topological polar surface area (TPSA) is 87.3 Å². The van der Waals surface area contributed by atoms with Crippen molar-refractivity contribution in [3.63, 3.8) is 0 Å². The van der Waals surface area contributed by atoms with E-state index >= 15 is 0 Å². The monoisotopic (exact) mass is 247 g/mol. The number of anilines is 1. The Morgan fingerprint density at radius 3 is 2.78 bits per heavy atom. The second-order valence-electron chi connectivity index (χ2n) is 3.92. The number of rotatable bonds is 3. The van der Waals surface area contributed by atoms with Crippen LogP contribution in [-0.4, -0.2) is 17.8 Å². The van der Waals surface area contributed by atoms with Gasteiger partial charge in [0.15, 0.2) is 0 Å². The van der Waals surface area contributed by atoms with Gasteiger partial charge in [0, 0.05) is 12.1 Å². The van der Waals surface area contributed by atoms with Crippen LogP contribution in [0.3, 0.4) is 0 Å². The lowest BCUT2D eigenvalue weighted by Gasteiger charge is -2.10. The van der Waals surface area contributed by atoms with Gasteiger partial charge < -0.3 is 10.6 Å². The highest BCUT2D eigenvalue weighted by molar-refractivity contribution is 6.04. The number of benzene rings is 1. The SMILES string of the molecule is CCC(=O)Nc1cccc(C2NC(=O)NC2=O)c1. The van der Waals surface area contributed by atoms with Gasteiger partial charge in [-0.15, -0.1) is 0 Å². The Morgan fingerprint density at radius 2 is 2.17 bits per heavy atom. The first kappa shape index (κ1) is 12.1. The first-order valence-electron chi connectivity index (χ1n) is 5.61. The number of hydrogen-bond donors (Lipinski definition) is 3. The summed E-state index contributed by atoms with van der Waals surface area (Å²) in [5.74, 6) is -0.494. The van der Waals surface area contributed by atoms with Gasteiger partial charge in [0.05, 0.1) is 0 Å². The minimum absolute atomic E-state index is 0.105. The van der Waals surface area contributed by atoms with Crippen molar-refractivity contribution >= 4 is 23.5 Å². The Labute approximate surface area is 104 Å². The predicted octanol–water partition coefficient (Wildman–Crippen LogP) is 0.916. The molecule has 0 radical (unpaired) electrons. The number of nitrogens with one attached hydrogen (secondary N) is 3. The third-order valence-corrected chi connectivity index (χ3v) is 2.60. The average molecular weight is 247 g/mol. The van der Waals surface area contributed by atoms with Crippen LogP contribution < -0.4 is 16.0 Å². The summed E-state index contributed by atoms with van der Waals surface area (Å²) in [6, 6.07) is 5.63. The molecule has 1 saturated heterocycles. The second-order valence-corrected chi connectivity index (χ2v) is 3.92. The van der Waals surface area contributed by atoms with Gasteiger partial charge in [-0.1, -0.05) is 19.1 Å². The number of hydrogen-bond acceptors (Lipinski definition) is 3. The average Bonchev–Trinajstić information content (AvgIpc) is 2.68. The van der Waals surface area contributed by atoms with E-state index in [-0.39, 0.29) is 11.8 Å². The van der Waals surface area contributed by atoms with E-state index < -0.39 is 12.1 Å². The summed E-state index contributed by atoms with van der Waals surface area (Å²) in [6.07, 6.45) is 0.380. The van der Waals surface area contributed by atoms with Gasteiger partial charge in [0.1, 0.15) is 6.04 Å². The first-order chi connectivity index (χ1) is 8.60. The number of urea groups is 1. The molecular weight excluding hydrogens is 234 g/mol. The molecule has 6 nitrogen and oxygen atoms in total. The molecule has 1 unspecified atom stereocenters. The first-order valence-corrected chi connectivity index (χ1v) is 5.61. The van der Waals surface area contributed by atoms with Crippen LogP contribution in [0.5, 0.6) is 0 Å². The van der Waals surface area contributed by atoms with Crippen LogP contribution in [-0.2, 0) is 9.59 Å². The molecule has 0 saturated carbocycles. The van der Waals surface area contributed by atoms with Crippen LogP contribution in [0.4, 0.5) is 10.5 Å². The fourth-order valence-electron chi connectivity index (χ4n) is 1.70. The molecule has 1 fully saturated rings. The van der Waals surface area contributed by atoms with E-state index in [0.29, 0.717) is 17.7 Å². The molecule has 0 aliphatic carbocycles. The van der Waals surface area contributed by atoms with Crippen LogP contribution in [0.2, 0.25) is 0 Å². The van der Waals surface area contributed by atoms with Gasteiger partial charge in [-0.3, -0.25) is 14.9 Å². The maximum Gasteiger partial charge on any atom is 0.322 e. The van der Waals surface area contributed by atoms with Gasteiger partial charge in [0.2, 0.25) is 5.91 Å². The normalized spacial score (nSPS) is 18.2. The molecule has 94 valence electrons. The summed E-state index contributed by atoms with van der Waals surface area (Å²) >= 11 is 0. The van der Waals surface area contributed by atoms with Gasteiger partial charge in [0.25, 0.3) is 5.91 Å². The molecule has 6 heteroatoms. The highest BCUT2D eigenvalue weighted by Crippen LogP contribution is 2.20. The smallest absolute Gasteiger partial charge is 0.322 e. The molecule has 4 amide bonds. The number of carbonyl (C=O) groups excluding carboxylic acids is 3. The lowest BCUT2D eigenvalue weighted by molar-refractivity contribution is -0.120. The van der Waals surface area contributed by atoms with Crippen molar-refractivity contribution < 1.29 is 14.4 Å². The van der Waals surface area contributed by atoms with E-state index in [9.17, 15) is 14.4 Å². The fraction of sp³-hybridized carbons (Fsp3) is 0.250. The number of amides is 4. The number of imide groups is 1. The molecule has 1 atom stereocenters. The maximum atomic E-state index is 11.5. The maximum absolute atomic E-state index is 11.5. The van der Waals surface area contributed by atoms with Crippen molar-refractivity contribution in [1.82, 2.24) is 10.6 Å². The van der Waals surface area contributed by atoms with Gasteiger partial charge >= 0.3 is 6.03 Å². The largest absolute Gasteiger partial charge is 0.326 e. The van der Waals surface area contributed by atoms with Crippen LogP contribution >= 0.6 is 0 Å². The summed E-state index contributed by atoms with van der Waals surface area (Å²) in [5.41, 5.74) is 1.24. The third kappa shape index (κ3) is 2.48. The highest BCUT2D eigenvalue weighted by atomic mass is 16.2. The zero-order chi connectivity index (χ0) is 13.1. The molecule has 1 aliphatic rings. The standard InChI is InChI=1S/C12H13N3O3/c1-2-9(16)13-8-5-3-4-7(6-8)10-11(17)15-12(18)14-10/h3-6,10H,2H2,1H3,(H,13,16)(H2,14,15,17,18). The Hall–Kier alpha value is -2.37. The van der Waals surface area contributed by atoms with Crippen molar-refractivity contribution in [2.24, 2.45) is 0 Å². The van der Waals surface area contributed by atoms with E-state index in [1.807, 2.05) is 0 Å². The number of carbonyl (C=O) groups is 3. The lowest BCUT2D eigenvalue weighted by Crippen LogP contribution is -2.22. The molecule has 18 heavy (non-hydrogen) atoms. The van der Waals surface area contributed by atoms with E-state index in [4.69, 9.17) is 0 Å². The minimum atomic E-state index is -0.698. The summed E-state index contributed by atoms with van der Waals surface area (Å²) in [5, 5.41) is 7.36. The molecule has 2 rings (SSSR count). The van der Waals surface area contributed by atoms with Crippen LogP contribution in [0, 0.1) is 0 Å². The highest BCUT2D eigenvalue weighted by Gasteiger charge is 2.30. The molecule has 3 N–H and O–H groups in total. The van der Waals surface area contributed by atoms with Gasteiger partial charge in [-0.25, -0.2) is 4.79 Å². The lowest BCUT2D eigenvalue weighted by atomic mass is 10.1. The Morgan fingerprint density at radius 1 is 1.39 bits per heavy atom. The van der Waals surface area contributed by atoms with Crippen molar-refractivity contribution in [1.29, 1.82) is 0 Å². The molecule has 1 aromatic carbocycles. The minimum Gasteiger partial charge on any atom is -0.326 e. The van der Waals surface area contributed by atoms with Crippen molar-refractivity contribution in [3.05, 3.63) is 29.8 Å². The zero-order valence-electron chi connectivity index (χ0n) is 9.82. The zero-order valence-corrected chi connectivity index (χ0v) is 9.82. The molecular formula is C12H13N3O3. The van der Waals surface area contributed by atoms with E-state index in [1.165, 1.54) is 0 Å². The van der Waals surface area contributed by atoms with Crippen LogP contribution in [0.25, 0.3) is 0 Å². The predicted molar refractivity (Wildman–Crippen MR) is 64.8 cm³/mol. The molecule has 1 aliphatic heterocycles. The summed E-state index contributed by atoms with van der Waals surface area (Å²) in [4.78, 5) is 33.8. The van der Waals surface area contributed by atoms with Crippen LogP contribution in [0.15, 0.2) is 24.3 Å². The van der Waals surface area contributed by atoms with Crippen LogP contribution in [0.1, 0.15) is 24.9 Å². The van der Waals surface area contributed by atoms with Gasteiger partial charge in [-0.05, 0) is 17.7 Å². The van der Waals surface area contributed by atoms with Gasteiger partial charge in [-0.2, -0.15) is 0 Å². The van der Waals surface area contributed by atoms with Crippen molar-refractivity contribution in [3.8, 4) is 0 Å². The Kier molecular flexibility index (Phi) is 3.27. The quantitative estimate of drug-likeness (QED) is 0.694. The molecule has 1 heterocycles. The van der Waals surface area contributed by atoms with Crippen molar-refractivity contribution in [2.75, 3.05) is 5.32 Å². The summed E-state index contributed by atoms with van der Waals surface area (Å²) < 4.78 is 0. The van der Waals surface area contributed by atoms with E-state index in [1.54, 1.807) is 31.2 Å². The molecule has 0 aromatic heterocycles. The Balaban J connectivity index is 2.19. The summed E-state index contributed by atoms with van der Waals surface area (Å²) in [6.45, 7) is 1.75. The van der Waals surface area contributed by atoms with E-state index in [0.717, 1.165) is 0 Å². The summed E-state index contributed by atoms with van der Waals surface area (Å²) in [7, 11) is 0.